The maximum Gasteiger partial charge on any atom is 0.433 e. The fraction of sp³-hybridized carbons (Fsp3) is 0.182. The van der Waals surface area contributed by atoms with Crippen LogP contribution in [0.4, 0.5) is 13.2 Å². The molecular formula is C11H6Br2F3N3. The first kappa shape index (κ1) is 14.4. The average Bonchev–Trinajstić information content (AvgIpc) is 2.37. The van der Waals surface area contributed by atoms with Gasteiger partial charge in [0.25, 0.3) is 0 Å². The Morgan fingerprint density at radius 1 is 1.16 bits per heavy atom. The van der Waals surface area contributed by atoms with Gasteiger partial charge in [-0.25, -0.2) is 9.97 Å². The zero-order chi connectivity index (χ0) is 14.0. The first-order valence-corrected chi connectivity index (χ1v) is 6.93. The maximum absolute atomic E-state index is 12.9. The van der Waals surface area contributed by atoms with Crippen LogP contribution in [0.5, 0.6) is 0 Å². The summed E-state index contributed by atoms with van der Waals surface area (Å²) in [5.41, 5.74) is -0.519. The van der Waals surface area contributed by atoms with E-state index >= 15 is 0 Å². The molecule has 0 radical (unpaired) electrons. The van der Waals surface area contributed by atoms with Gasteiger partial charge in [-0.1, -0.05) is 15.9 Å². The molecule has 2 heterocycles. The maximum atomic E-state index is 12.9. The molecule has 0 saturated heterocycles. The van der Waals surface area contributed by atoms with Gasteiger partial charge >= 0.3 is 6.18 Å². The summed E-state index contributed by atoms with van der Waals surface area (Å²) in [5.74, 6) is -0.00850. The third-order valence-electron chi connectivity index (χ3n) is 2.24. The molecule has 3 nitrogen and oxygen atoms in total. The highest BCUT2D eigenvalue weighted by Gasteiger charge is 2.35. The minimum absolute atomic E-state index is 0.000735. The number of aromatic nitrogens is 3. The number of hydrogen-bond donors (Lipinski definition) is 0. The summed E-state index contributed by atoms with van der Waals surface area (Å²) in [4.78, 5) is 11.4. The van der Waals surface area contributed by atoms with Crippen LogP contribution in [-0.4, -0.2) is 15.0 Å². The molecule has 0 spiro atoms. The second-order valence-electron chi connectivity index (χ2n) is 3.59. The molecule has 0 amide bonds. The smallest absolute Gasteiger partial charge is 0.263 e. The van der Waals surface area contributed by atoms with E-state index in [9.17, 15) is 13.2 Å². The summed E-state index contributed by atoms with van der Waals surface area (Å²) in [7, 11) is 0. The lowest BCUT2D eigenvalue weighted by Crippen LogP contribution is -2.13. The molecule has 0 aliphatic carbocycles. The lowest BCUT2D eigenvalue weighted by atomic mass is 10.2. The molecule has 0 N–H and O–H groups in total. The van der Waals surface area contributed by atoms with E-state index in [0.29, 0.717) is 10.0 Å². The van der Waals surface area contributed by atoms with Gasteiger partial charge in [0.15, 0.2) is 11.5 Å². The number of pyridine rings is 1. The van der Waals surface area contributed by atoms with Gasteiger partial charge in [0.1, 0.15) is 0 Å². The summed E-state index contributed by atoms with van der Waals surface area (Å²) < 4.78 is 39.3. The van der Waals surface area contributed by atoms with Crippen LogP contribution < -0.4 is 0 Å². The van der Waals surface area contributed by atoms with Gasteiger partial charge in [0.2, 0.25) is 0 Å². The van der Waals surface area contributed by atoms with Crippen molar-refractivity contribution < 1.29 is 13.2 Å². The van der Waals surface area contributed by atoms with Gasteiger partial charge in [0, 0.05) is 39.5 Å². The van der Waals surface area contributed by atoms with E-state index in [1.165, 1.54) is 18.6 Å². The van der Waals surface area contributed by atoms with Crippen molar-refractivity contribution in [3.05, 3.63) is 40.4 Å². The van der Waals surface area contributed by atoms with Crippen molar-refractivity contribution in [2.24, 2.45) is 0 Å². The quantitative estimate of drug-likeness (QED) is 0.713. The van der Waals surface area contributed by atoms with Crippen molar-refractivity contribution >= 4 is 31.9 Å². The van der Waals surface area contributed by atoms with E-state index in [0.717, 1.165) is 0 Å². The van der Waals surface area contributed by atoms with E-state index in [-0.39, 0.29) is 16.7 Å². The van der Waals surface area contributed by atoms with E-state index in [1.54, 1.807) is 6.07 Å². The van der Waals surface area contributed by atoms with E-state index in [1.807, 2.05) is 0 Å². The van der Waals surface area contributed by atoms with Gasteiger partial charge < -0.3 is 0 Å². The lowest BCUT2D eigenvalue weighted by molar-refractivity contribution is -0.141. The molecule has 0 fully saturated rings. The zero-order valence-corrected chi connectivity index (χ0v) is 12.4. The molecule has 0 unspecified atom stereocenters. The highest BCUT2D eigenvalue weighted by atomic mass is 79.9. The number of halogens is 5. The Balaban J connectivity index is 2.55. The van der Waals surface area contributed by atoms with Gasteiger partial charge in [-0.3, -0.25) is 4.98 Å². The van der Waals surface area contributed by atoms with Crippen LogP contribution in [0.3, 0.4) is 0 Å². The SMILES string of the molecule is FC(F)(F)c1nc(-c2cncc(Br)c2)ncc1CBr. The van der Waals surface area contributed by atoms with Gasteiger partial charge in [-0.15, -0.1) is 0 Å². The lowest BCUT2D eigenvalue weighted by Gasteiger charge is -2.11. The Morgan fingerprint density at radius 3 is 2.47 bits per heavy atom. The van der Waals surface area contributed by atoms with Crippen molar-refractivity contribution in [2.45, 2.75) is 11.5 Å². The Labute approximate surface area is 123 Å². The summed E-state index contributed by atoms with van der Waals surface area (Å²) in [6.07, 6.45) is -0.407. The Kier molecular flexibility index (Phi) is 4.19. The Morgan fingerprint density at radius 2 is 1.89 bits per heavy atom. The molecule has 19 heavy (non-hydrogen) atoms. The molecule has 2 aromatic rings. The van der Waals surface area contributed by atoms with Crippen molar-refractivity contribution in [3.8, 4) is 11.4 Å². The minimum Gasteiger partial charge on any atom is -0.263 e. The van der Waals surface area contributed by atoms with Crippen LogP contribution >= 0.6 is 31.9 Å². The van der Waals surface area contributed by atoms with E-state index in [4.69, 9.17) is 0 Å². The topological polar surface area (TPSA) is 38.7 Å². The van der Waals surface area contributed by atoms with Crippen LogP contribution in [-0.2, 0) is 11.5 Å². The summed E-state index contributed by atoms with van der Waals surface area (Å²) in [6, 6.07) is 1.61. The van der Waals surface area contributed by atoms with E-state index < -0.39 is 11.9 Å². The predicted octanol–water partition coefficient (Wildman–Crippen LogP) is 4.21. The normalized spacial score (nSPS) is 11.6. The number of nitrogens with zero attached hydrogens (tertiary/aromatic N) is 3. The molecule has 0 bridgehead atoms. The monoisotopic (exact) mass is 395 g/mol. The molecule has 8 heteroatoms. The first-order chi connectivity index (χ1) is 8.91. The Hall–Kier alpha value is -1.02. The third-order valence-corrected chi connectivity index (χ3v) is 3.28. The number of alkyl halides is 4. The first-order valence-electron chi connectivity index (χ1n) is 5.02. The minimum atomic E-state index is -4.51. The van der Waals surface area contributed by atoms with Crippen LogP contribution in [0.15, 0.2) is 29.1 Å². The highest BCUT2D eigenvalue weighted by Crippen LogP contribution is 2.32. The largest absolute Gasteiger partial charge is 0.433 e. The molecule has 0 aliphatic rings. The summed E-state index contributed by atoms with van der Waals surface area (Å²) in [5, 5.41) is 0.0405. The summed E-state index contributed by atoms with van der Waals surface area (Å²) >= 11 is 6.19. The van der Waals surface area contributed by atoms with E-state index in [2.05, 4.69) is 46.8 Å². The highest BCUT2D eigenvalue weighted by molar-refractivity contribution is 9.10. The van der Waals surface area contributed by atoms with Crippen molar-refractivity contribution in [1.82, 2.24) is 15.0 Å². The summed E-state index contributed by atoms with van der Waals surface area (Å²) in [6.45, 7) is 0. The molecule has 0 aromatic carbocycles. The molecule has 2 aromatic heterocycles. The molecule has 100 valence electrons. The van der Waals surface area contributed by atoms with Gasteiger partial charge in [-0.2, -0.15) is 13.2 Å². The van der Waals surface area contributed by atoms with Crippen molar-refractivity contribution in [2.75, 3.05) is 0 Å². The number of hydrogen-bond acceptors (Lipinski definition) is 3. The van der Waals surface area contributed by atoms with Crippen molar-refractivity contribution in [3.63, 3.8) is 0 Å². The van der Waals surface area contributed by atoms with Crippen LogP contribution in [0.2, 0.25) is 0 Å². The molecule has 2 rings (SSSR count). The average molecular weight is 397 g/mol. The van der Waals surface area contributed by atoms with Crippen molar-refractivity contribution in [1.29, 1.82) is 0 Å². The molecular weight excluding hydrogens is 391 g/mol. The fourth-order valence-electron chi connectivity index (χ4n) is 1.42. The predicted molar refractivity (Wildman–Crippen MR) is 70.6 cm³/mol. The second-order valence-corrected chi connectivity index (χ2v) is 5.07. The van der Waals surface area contributed by atoms with Gasteiger partial charge in [-0.05, 0) is 22.0 Å². The molecule has 0 aliphatic heterocycles. The third kappa shape index (κ3) is 3.30. The zero-order valence-electron chi connectivity index (χ0n) is 9.25. The fourth-order valence-corrected chi connectivity index (χ4v) is 2.20. The van der Waals surface area contributed by atoms with Crippen LogP contribution in [0.25, 0.3) is 11.4 Å². The van der Waals surface area contributed by atoms with Gasteiger partial charge in [0.05, 0.1) is 0 Å². The Bertz CT molecular complexity index is 602. The van der Waals surface area contributed by atoms with Crippen LogP contribution in [0.1, 0.15) is 11.3 Å². The number of rotatable bonds is 2. The standard InChI is InChI=1S/C11H6Br2F3N3/c12-2-7-4-18-10(19-9(7)11(14,15)16)6-1-8(13)5-17-3-6/h1,3-5H,2H2. The van der Waals surface area contributed by atoms with Crippen LogP contribution in [0, 0.1) is 0 Å². The molecule has 0 atom stereocenters. The second kappa shape index (κ2) is 5.54. The molecule has 0 saturated carbocycles.